The Kier molecular flexibility index (Phi) is 4.94. The van der Waals surface area contributed by atoms with Crippen molar-refractivity contribution in [3.05, 3.63) is 145 Å². The second kappa shape index (κ2) is 9.18. The number of para-hydroxylation sites is 6. The van der Waals surface area contributed by atoms with Gasteiger partial charge >= 0.3 is 0 Å². The van der Waals surface area contributed by atoms with Gasteiger partial charge < -0.3 is 4.57 Å². The fraction of sp³-hybridized carbons (Fsp3) is 0. The molecular weight excluding hydrogens is 566 g/mol. The summed E-state index contributed by atoms with van der Waals surface area (Å²) >= 11 is 0. The standard InChI is InChI=1S/C39H23N7/c40-24-25-17-19-26(20-18-25)44-38-41-30-11-3-7-15-34(30)45(38)36-22-21-27(23-37(36)46-35-16-8-4-12-31(35)42-39(44)46)43-32-13-5-1-9-28(32)29-10-2-6-14-33(29)43/h1-23H. The first kappa shape index (κ1) is 24.8. The average Bonchev–Trinajstić information content (AvgIpc) is 3.76. The summed E-state index contributed by atoms with van der Waals surface area (Å²) in [5, 5.41) is 12.0. The van der Waals surface area contributed by atoms with Crippen molar-refractivity contribution in [1.29, 1.82) is 5.26 Å². The molecule has 0 aliphatic carbocycles. The Morgan fingerprint density at radius 1 is 0.435 bits per heavy atom. The van der Waals surface area contributed by atoms with Gasteiger partial charge in [-0.25, -0.2) is 14.5 Å². The minimum absolute atomic E-state index is 0.597. The van der Waals surface area contributed by atoms with E-state index >= 15 is 0 Å². The van der Waals surface area contributed by atoms with Crippen LogP contribution in [-0.4, -0.2) is 27.9 Å². The Labute approximate surface area is 261 Å². The van der Waals surface area contributed by atoms with Crippen LogP contribution in [0.2, 0.25) is 0 Å². The molecule has 7 heteroatoms. The fourth-order valence-corrected chi connectivity index (χ4v) is 7.03. The maximum absolute atomic E-state index is 9.55. The largest absolute Gasteiger partial charge is 0.309 e. The molecule has 6 aromatic carbocycles. The summed E-state index contributed by atoms with van der Waals surface area (Å²) in [4.78, 5) is 10.4. The molecule has 0 saturated heterocycles. The van der Waals surface area contributed by atoms with Crippen molar-refractivity contribution < 1.29 is 0 Å². The minimum atomic E-state index is 0.597. The van der Waals surface area contributed by atoms with E-state index in [0.717, 1.165) is 67.1 Å². The van der Waals surface area contributed by atoms with Crippen LogP contribution in [0.1, 0.15) is 5.56 Å². The minimum Gasteiger partial charge on any atom is -0.309 e. The molecule has 7 nitrogen and oxygen atoms in total. The summed E-state index contributed by atoms with van der Waals surface area (Å²) in [6.07, 6.45) is 0. The maximum atomic E-state index is 9.55. The third-order valence-electron chi connectivity index (χ3n) is 9.02. The van der Waals surface area contributed by atoms with Crippen molar-refractivity contribution in [3.8, 4) is 17.4 Å². The maximum Gasteiger partial charge on any atom is 0.223 e. The number of hydrogen-bond donors (Lipinski definition) is 0. The van der Waals surface area contributed by atoms with E-state index in [4.69, 9.17) is 9.97 Å². The quantitative estimate of drug-likeness (QED) is 0.202. The number of rotatable bonds is 2. The van der Waals surface area contributed by atoms with Crippen LogP contribution < -0.4 is 0 Å². The summed E-state index contributed by atoms with van der Waals surface area (Å²) in [6.45, 7) is 0. The van der Waals surface area contributed by atoms with Crippen LogP contribution >= 0.6 is 0 Å². The molecule has 4 heterocycles. The molecule has 0 radical (unpaired) electrons. The molecule has 0 unspecified atom stereocenters. The van der Waals surface area contributed by atoms with Crippen molar-refractivity contribution >= 4 is 66.5 Å². The fourth-order valence-electron chi connectivity index (χ4n) is 7.03. The second-order valence-corrected chi connectivity index (χ2v) is 11.5. The number of fused-ring (bicyclic) bond motifs is 12. The molecule has 0 bridgehead atoms. The van der Waals surface area contributed by atoms with Crippen molar-refractivity contribution in [2.45, 2.75) is 0 Å². The van der Waals surface area contributed by atoms with Gasteiger partial charge in [0.05, 0.1) is 61.5 Å². The predicted octanol–water partition coefficient (Wildman–Crippen LogP) is 8.76. The van der Waals surface area contributed by atoms with Crippen LogP contribution in [0.15, 0.2) is 140 Å². The highest BCUT2D eigenvalue weighted by Gasteiger charge is 2.20. The summed E-state index contributed by atoms with van der Waals surface area (Å²) in [6, 6.07) is 50.2. The van der Waals surface area contributed by atoms with Gasteiger partial charge in [0, 0.05) is 16.5 Å². The summed E-state index contributed by atoms with van der Waals surface area (Å²) < 4.78 is 8.91. The molecule has 0 fully saturated rings. The zero-order chi connectivity index (χ0) is 30.4. The van der Waals surface area contributed by atoms with Crippen molar-refractivity contribution in [2.24, 2.45) is 0 Å². The van der Waals surface area contributed by atoms with Crippen molar-refractivity contribution in [1.82, 2.24) is 27.9 Å². The molecule has 0 saturated carbocycles. The van der Waals surface area contributed by atoms with Crippen molar-refractivity contribution in [2.75, 3.05) is 0 Å². The topological polar surface area (TPSA) is 68.2 Å². The normalized spacial score (nSPS) is 11.9. The monoisotopic (exact) mass is 589 g/mol. The van der Waals surface area contributed by atoms with Gasteiger partial charge in [0.1, 0.15) is 0 Å². The van der Waals surface area contributed by atoms with Crippen LogP contribution in [0, 0.1) is 11.3 Å². The Morgan fingerprint density at radius 2 is 0.935 bits per heavy atom. The lowest BCUT2D eigenvalue weighted by Crippen LogP contribution is -2.02. The van der Waals surface area contributed by atoms with Gasteiger partial charge in [-0.1, -0.05) is 60.7 Å². The van der Waals surface area contributed by atoms with E-state index in [1.165, 1.54) is 10.8 Å². The van der Waals surface area contributed by atoms with E-state index in [-0.39, 0.29) is 0 Å². The highest BCUT2D eigenvalue weighted by molar-refractivity contribution is 6.09. The molecule has 0 N–H and O–H groups in total. The third-order valence-corrected chi connectivity index (χ3v) is 9.02. The number of nitrogens with zero attached hydrogens (tertiary/aromatic N) is 7. The van der Waals surface area contributed by atoms with Crippen molar-refractivity contribution in [3.63, 3.8) is 0 Å². The summed E-state index contributed by atoms with van der Waals surface area (Å²) in [5.41, 5.74) is 10.6. The van der Waals surface area contributed by atoms with Gasteiger partial charge in [-0.05, 0) is 78.9 Å². The van der Waals surface area contributed by atoms with E-state index in [2.05, 4.69) is 109 Å². The van der Waals surface area contributed by atoms with Crippen LogP contribution in [0.4, 0.5) is 0 Å². The van der Waals surface area contributed by atoms with Crippen LogP contribution in [0.5, 0.6) is 0 Å². The highest BCUT2D eigenvalue weighted by atomic mass is 15.3. The molecule has 214 valence electrons. The van der Waals surface area contributed by atoms with Gasteiger partial charge in [0.2, 0.25) is 11.6 Å². The lowest BCUT2D eigenvalue weighted by Gasteiger charge is -2.10. The van der Waals surface area contributed by atoms with E-state index in [1.54, 1.807) is 0 Å². The Bertz CT molecular complexity index is 2870. The van der Waals surface area contributed by atoms with E-state index in [0.29, 0.717) is 5.56 Å². The smallest absolute Gasteiger partial charge is 0.223 e. The molecule has 0 atom stereocenters. The lowest BCUT2D eigenvalue weighted by molar-refractivity contribution is 1.03. The summed E-state index contributed by atoms with van der Waals surface area (Å²) in [5.74, 6) is 1.45. The van der Waals surface area contributed by atoms with E-state index in [1.807, 2.05) is 54.6 Å². The molecule has 0 spiro atoms. The number of imidazole rings is 2. The van der Waals surface area contributed by atoms with Crippen LogP contribution in [0.25, 0.3) is 77.8 Å². The predicted molar refractivity (Wildman–Crippen MR) is 184 cm³/mol. The molecule has 10 rings (SSSR count). The Morgan fingerprint density at radius 3 is 1.52 bits per heavy atom. The van der Waals surface area contributed by atoms with Gasteiger partial charge in [-0.3, -0.25) is 8.80 Å². The van der Waals surface area contributed by atoms with E-state index in [9.17, 15) is 5.26 Å². The first-order valence-electron chi connectivity index (χ1n) is 15.2. The first-order valence-corrected chi connectivity index (χ1v) is 15.2. The summed E-state index contributed by atoms with van der Waals surface area (Å²) in [7, 11) is 0. The Balaban J connectivity index is 1.46. The van der Waals surface area contributed by atoms with Crippen LogP contribution in [0.3, 0.4) is 0 Å². The molecule has 4 aromatic heterocycles. The molecular formula is C39H23N7. The number of hydrogen-bond acceptors (Lipinski definition) is 3. The first-order chi connectivity index (χ1) is 22.8. The number of nitriles is 1. The van der Waals surface area contributed by atoms with Gasteiger partial charge in [0.25, 0.3) is 0 Å². The zero-order valence-corrected chi connectivity index (χ0v) is 24.4. The number of aromatic nitrogens is 6. The molecule has 10 aromatic rings. The average molecular weight is 590 g/mol. The molecule has 0 amide bonds. The molecule has 0 aliphatic rings. The number of benzene rings is 6. The second-order valence-electron chi connectivity index (χ2n) is 11.5. The Hall–Kier alpha value is -6.65. The van der Waals surface area contributed by atoms with Gasteiger partial charge in [-0.2, -0.15) is 5.26 Å². The van der Waals surface area contributed by atoms with Gasteiger partial charge in [0.15, 0.2) is 0 Å². The zero-order valence-electron chi connectivity index (χ0n) is 24.4. The SMILES string of the molecule is N#Cc1ccc(-n2c3nc4ccccc4n3c3ccc(-n4c5ccccc5c5ccccc54)cc3n3c4ccccc4nc23)cc1. The molecule has 0 aliphatic heterocycles. The molecule has 46 heavy (non-hydrogen) atoms. The highest BCUT2D eigenvalue weighted by Crippen LogP contribution is 2.35. The van der Waals surface area contributed by atoms with Gasteiger partial charge in [-0.15, -0.1) is 0 Å². The van der Waals surface area contributed by atoms with Crippen LogP contribution in [-0.2, 0) is 0 Å². The third kappa shape index (κ3) is 3.30. The van der Waals surface area contributed by atoms with E-state index < -0.39 is 0 Å². The lowest BCUT2D eigenvalue weighted by atomic mass is 10.2.